The number of likely N-dealkylation sites (tertiary alicyclic amines) is 1. The molecule has 2 aromatic heterocycles. The largest absolute Gasteiger partial charge is 0.508 e. The van der Waals surface area contributed by atoms with E-state index < -0.39 is 5.82 Å². The Morgan fingerprint density at radius 1 is 1.31 bits per heavy atom. The van der Waals surface area contributed by atoms with Gasteiger partial charge in [0.25, 0.3) is 0 Å². The first-order valence-corrected chi connectivity index (χ1v) is 10.6. The second-order valence-electron chi connectivity index (χ2n) is 8.41. The van der Waals surface area contributed by atoms with Crippen LogP contribution in [-0.2, 0) is 4.79 Å². The van der Waals surface area contributed by atoms with Gasteiger partial charge in [-0.15, -0.1) is 12.4 Å². The summed E-state index contributed by atoms with van der Waals surface area (Å²) in [6.45, 7) is 3.42. The van der Waals surface area contributed by atoms with Crippen LogP contribution < -0.4 is 0 Å². The normalized spacial score (nSPS) is 20.0. The summed E-state index contributed by atoms with van der Waals surface area (Å²) in [5.41, 5.74) is 2.45. The van der Waals surface area contributed by atoms with Crippen LogP contribution in [-0.4, -0.2) is 44.2 Å². The molecule has 2 aliphatic rings. The second kappa shape index (κ2) is 8.40. The molecule has 1 unspecified atom stereocenters. The molecule has 0 spiro atoms. The fraction of sp³-hybridized carbons (Fsp3) is 0.391. The van der Waals surface area contributed by atoms with Crippen LogP contribution in [0.3, 0.4) is 0 Å². The molecule has 5 rings (SSSR count). The average Bonchev–Trinajstić information content (AvgIpc) is 3.48. The van der Waals surface area contributed by atoms with Crippen molar-refractivity contribution in [1.29, 1.82) is 5.26 Å². The Labute approximate surface area is 190 Å². The van der Waals surface area contributed by atoms with E-state index in [-0.39, 0.29) is 52.7 Å². The first-order chi connectivity index (χ1) is 15.0. The number of hydrogen-bond donors (Lipinski definition) is 2. The number of carbonyl (C=O) groups excluding carboxylic acids is 1. The van der Waals surface area contributed by atoms with Gasteiger partial charge in [-0.2, -0.15) is 10.4 Å². The number of aromatic hydroxyl groups is 1. The summed E-state index contributed by atoms with van der Waals surface area (Å²) in [7, 11) is 0. The molecule has 9 heteroatoms. The highest BCUT2D eigenvalue weighted by Crippen LogP contribution is 2.53. The molecular formula is C23H23ClFN5O2. The molecular weight excluding hydrogens is 433 g/mol. The zero-order chi connectivity index (χ0) is 21.7. The van der Waals surface area contributed by atoms with E-state index in [1.165, 1.54) is 12.1 Å². The van der Waals surface area contributed by atoms with Gasteiger partial charge in [-0.05, 0) is 56.2 Å². The summed E-state index contributed by atoms with van der Waals surface area (Å²) in [5.74, 6) is -1.03. The number of pyridine rings is 1. The van der Waals surface area contributed by atoms with Crippen molar-refractivity contribution in [3.63, 3.8) is 0 Å². The number of nitrogens with zero attached hydrogens (tertiary/aromatic N) is 4. The standard InChI is InChI=1S/C23H22FN5O2.ClH/c1-12-19-20(15-10-16(15)23(31)29-7-3-2-4-8-29)17(11-25)21(26-22(19)28-27-12)14-6-5-13(30)9-18(14)24;/h5-6,9,15-16,30H,2-4,7-8,10H2,1H3,(H,26,27,28);1H/t15?,16-;/m0./s1. The maximum Gasteiger partial charge on any atom is 0.226 e. The van der Waals surface area contributed by atoms with Crippen molar-refractivity contribution in [2.45, 2.75) is 38.5 Å². The van der Waals surface area contributed by atoms with Crippen LogP contribution in [0, 0.1) is 30.0 Å². The lowest BCUT2D eigenvalue weighted by atomic mass is 9.94. The molecule has 1 aliphatic heterocycles. The predicted molar refractivity (Wildman–Crippen MR) is 119 cm³/mol. The molecule has 1 amide bonds. The maximum atomic E-state index is 14.7. The third-order valence-electron chi connectivity index (χ3n) is 6.39. The number of aromatic amines is 1. The van der Waals surface area contributed by atoms with Crippen molar-refractivity contribution in [2.75, 3.05) is 13.1 Å². The number of hydrogen-bond acceptors (Lipinski definition) is 5. The van der Waals surface area contributed by atoms with Gasteiger partial charge in [-0.3, -0.25) is 9.89 Å². The lowest BCUT2D eigenvalue weighted by molar-refractivity contribution is -0.133. The third-order valence-corrected chi connectivity index (χ3v) is 6.39. The Bertz CT molecular complexity index is 1250. The Morgan fingerprint density at radius 3 is 2.75 bits per heavy atom. The number of benzene rings is 1. The number of piperidine rings is 1. The second-order valence-corrected chi connectivity index (χ2v) is 8.41. The minimum absolute atomic E-state index is 0. The zero-order valence-corrected chi connectivity index (χ0v) is 18.4. The molecule has 2 fully saturated rings. The Morgan fingerprint density at radius 2 is 2.06 bits per heavy atom. The molecule has 0 radical (unpaired) electrons. The minimum Gasteiger partial charge on any atom is -0.508 e. The average molecular weight is 456 g/mol. The van der Waals surface area contributed by atoms with Crippen LogP contribution in [0.15, 0.2) is 18.2 Å². The fourth-order valence-electron chi connectivity index (χ4n) is 4.74. The Kier molecular flexibility index (Phi) is 5.78. The SMILES string of the molecule is Cc1[nH]nc2nc(-c3ccc(O)cc3F)c(C#N)c(C3C[C@@H]3C(=O)N3CCCCC3)c12.Cl. The molecule has 3 heterocycles. The molecule has 2 atom stereocenters. The molecule has 3 aromatic rings. The number of phenols is 1. The minimum atomic E-state index is -0.668. The van der Waals surface area contributed by atoms with Crippen molar-refractivity contribution in [3.8, 4) is 23.1 Å². The van der Waals surface area contributed by atoms with Gasteiger partial charge in [0, 0.05) is 41.7 Å². The number of aromatic nitrogens is 3. The van der Waals surface area contributed by atoms with Gasteiger partial charge < -0.3 is 10.0 Å². The highest BCUT2D eigenvalue weighted by Gasteiger charge is 2.48. The molecule has 2 N–H and O–H groups in total. The number of H-pyrrole nitrogens is 1. The number of aryl methyl sites for hydroxylation is 1. The predicted octanol–water partition coefficient (Wildman–Crippen LogP) is 4.19. The van der Waals surface area contributed by atoms with E-state index in [1.807, 2.05) is 11.8 Å². The van der Waals surface area contributed by atoms with Crippen LogP contribution in [0.1, 0.15) is 48.4 Å². The topological polar surface area (TPSA) is 106 Å². The zero-order valence-electron chi connectivity index (χ0n) is 17.6. The van der Waals surface area contributed by atoms with Crippen LogP contribution in [0.2, 0.25) is 0 Å². The van der Waals surface area contributed by atoms with E-state index in [1.54, 1.807) is 0 Å². The van der Waals surface area contributed by atoms with Crippen LogP contribution in [0.25, 0.3) is 22.3 Å². The van der Waals surface area contributed by atoms with E-state index in [0.29, 0.717) is 12.1 Å². The van der Waals surface area contributed by atoms with E-state index in [9.17, 15) is 19.6 Å². The van der Waals surface area contributed by atoms with Gasteiger partial charge in [-0.1, -0.05) is 0 Å². The van der Waals surface area contributed by atoms with E-state index in [0.717, 1.165) is 55.1 Å². The van der Waals surface area contributed by atoms with Gasteiger partial charge in [0.05, 0.1) is 11.3 Å². The number of nitrogens with one attached hydrogen (secondary N) is 1. The summed E-state index contributed by atoms with van der Waals surface area (Å²) in [5, 5.41) is 27.5. The number of phenolic OH excluding ortho intramolecular Hbond substituents is 1. The van der Waals surface area contributed by atoms with Gasteiger partial charge in [0.15, 0.2) is 5.65 Å². The fourth-order valence-corrected chi connectivity index (χ4v) is 4.74. The lowest BCUT2D eigenvalue weighted by Crippen LogP contribution is -2.36. The van der Waals surface area contributed by atoms with Gasteiger partial charge in [-0.25, -0.2) is 9.37 Å². The molecule has 166 valence electrons. The quantitative estimate of drug-likeness (QED) is 0.616. The van der Waals surface area contributed by atoms with Gasteiger partial charge >= 0.3 is 0 Å². The van der Waals surface area contributed by atoms with Gasteiger partial charge in [0.1, 0.15) is 17.6 Å². The first kappa shape index (κ1) is 22.0. The lowest BCUT2D eigenvalue weighted by Gasteiger charge is -2.27. The van der Waals surface area contributed by atoms with Crippen molar-refractivity contribution < 1.29 is 14.3 Å². The van der Waals surface area contributed by atoms with Gasteiger partial charge in [0.2, 0.25) is 5.91 Å². The summed E-state index contributed by atoms with van der Waals surface area (Å²) in [6, 6.07) is 5.98. The van der Waals surface area contributed by atoms with E-state index >= 15 is 0 Å². The number of halogens is 2. The number of rotatable bonds is 3. The van der Waals surface area contributed by atoms with E-state index in [4.69, 9.17) is 0 Å². The molecule has 1 saturated carbocycles. The van der Waals surface area contributed by atoms with Crippen molar-refractivity contribution >= 4 is 29.3 Å². The summed E-state index contributed by atoms with van der Waals surface area (Å²) in [4.78, 5) is 19.5. The molecule has 7 nitrogen and oxygen atoms in total. The highest BCUT2D eigenvalue weighted by atomic mass is 35.5. The van der Waals surface area contributed by atoms with E-state index in [2.05, 4.69) is 21.3 Å². The first-order valence-electron chi connectivity index (χ1n) is 10.6. The van der Waals surface area contributed by atoms with Crippen LogP contribution in [0.5, 0.6) is 5.75 Å². The number of amides is 1. The molecule has 32 heavy (non-hydrogen) atoms. The Hall–Kier alpha value is -3.18. The molecule has 1 saturated heterocycles. The Balaban J connectivity index is 0.00000245. The molecule has 0 bridgehead atoms. The molecule has 1 aromatic carbocycles. The summed E-state index contributed by atoms with van der Waals surface area (Å²) < 4.78 is 14.7. The number of nitriles is 1. The maximum absolute atomic E-state index is 14.7. The summed E-state index contributed by atoms with van der Waals surface area (Å²) >= 11 is 0. The van der Waals surface area contributed by atoms with Crippen molar-refractivity contribution in [1.82, 2.24) is 20.1 Å². The monoisotopic (exact) mass is 455 g/mol. The summed E-state index contributed by atoms with van der Waals surface area (Å²) in [6.07, 6.45) is 3.86. The molecule has 1 aliphatic carbocycles. The van der Waals surface area contributed by atoms with Crippen LogP contribution >= 0.6 is 12.4 Å². The van der Waals surface area contributed by atoms with Crippen LogP contribution in [0.4, 0.5) is 4.39 Å². The smallest absolute Gasteiger partial charge is 0.226 e. The number of fused-ring (bicyclic) bond motifs is 1. The number of carbonyl (C=O) groups is 1. The highest BCUT2D eigenvalue weighted by molar-refractivity contribution is 5.92. The van der Waals surface area contributed by atoms with Crippen molar-refractivity contribution in [2.24, 2.45) is 5.92 Å². The third kappa shape index (κ3) is 3.56. The van der Waals surface area contributed by atoms with Crippen molar-refractivity contribution in [3.05, 3.63) is 40.8 Å².